The van der Waals surface area contributed by atoms with Crippen LogP contribution in [-0.4, -0.2) is 105 Å². The minimum Gasteiger partial charge on any atom is -0.373 e. The summed E-state index contributed by atoms with van der Waals surface area (Å²) in [7, 11) is -3.52. The number of morpholine rings is 2. The first-order valence-corrected chi connectivity index (χ1v) is 10.3. The van der Waals surface area contributed by atoms with E-state index in [0.717, 1.165) is 6.54 Å². The first-order valence-electron chi connectivity index (χ1n) is 8.89. The zero-order valence-corrected chi connectivity index (χ0v) is 15.7. The van der Waals surface area contributed by atoms with Gasteiger partial charge < -0.3 is 19.7 Å². The van der Waals surface area contributed by atoms with E-state index in [2.05, 4.69) is 5.32 Å². The maximum Gasteiger partial charge on any atom is 0.282 e. The van der Waals surface area contributed by atoms with Crippen LogP contribution in [0.2, 0.25) is 0 Å². The second-order valence-electron chi connectivity index (χ2n) is 6.87. The molecule has 0 aromatic rings. The molecule has 10 heteroatoms. The highest BCUT2D eigenvalue weighted by Crippen LogP contribution is 2.19. The second-order valence-corrected chi connectivity index (χ2v) is 8.80. The lowest BCUT2D eigenvalue weighted by molar-refractivity contribution is -0.146. The second kappa shape index (κ2) is 7.85. The van der Waals surface area contributed by atoms with Crippen LogP contribution < -0.4 is 5.32 Å². The summed E-state index contributed by atoms with van der Waals surface area (Å²) in [4.78, 5) is 14.2. The smallest absolute Gasteiger partial charge is 0.282 e. The van der Waals surface area contributed by atoms with Crippen LogP contribution in [0, 0.1) is 0 Å². The number of ether oxygens (including phenoxy) is 2. The van der Waals surface area contributed by atoms with Gasteiger partial charge >= 0.3 is 0 Å². The molecule has 3 heterocycles. The zero-order chi connectivity index (χ0) is 18.0. The van der Waals surface area contributed by atoms with Gasteiger partial charge in [-0.3, -0.25) is 4.79 Å². The summed E-state index contributed by atoms with van der Waals surface area (Å²) in [6.07, 6.45) is -0.687. The lowest BCUT2D eigenvalue weighted by Crippen LogP contribution is -2.59. The summed E-state index contributed by atoms with van der Waals surface area (Å²) in [5.74, 6) is -0.0575. The number of carbonyl (C=O) groups excluding carboxylic acids is 1. The average Bonchev–Trinajstić information content (AvgIpc) is 2.61. The molecule has 144 valence electrons. The number of rotatable bonds is 3. The van der Waals surface area contributed by atoms with E-state index in [1.165, 1.54) is 8.61 Å². The summed E-state index contributed by atoms with van der Waals surface area (Å²) in [6, 6.07) is 0. The number of hydrogen-bond acceptors (Lipinski definition) is 6. The minimum atomic E-state index is -3.52. The summed E-state index contributed by atoms with van der Waals surface area (Å²) >= 11 is 0. The number of piperazine rings is 1. The van der Waals surface area contributed by atoms with E-state index in [4.69, 9.17) is 9.47 Å². The molecule has 1 amide bonds. The molecule has 3 unspecified atom stereocenters. The summed E-state index contributed by atoms with van der Waals surface area (Å²) in [5, 5.41) is 3.14. The number of nitrogens with one attached hydrogen (secondary N) is 1. The van der Waals surface area contributed by atoms with Gasteiger partial charge in [-0.2, -0.15) is 17.0 Å². The predicted octanol–water partition coefficient (Wildman–Crippen LogP) is -1.53. The fourth-order valence-corrected chi connectivity index (χ4v) is 5.30. The fourth-order valence-electron chi connectivity index (χ4n) is 3.55. The monoisotopic (exact) mass is 376 g/mol. The van der Waals surface area contributed by atoms with Crippen molar-refractivity contribution in [2.45, 2.75) is 32.2 Å². The van der Waals surface area contributed by atoms with Crippen LogP contribution in [0.15, 0.2) is 0 Å². The average molecular weight is 376 g/mol. The highest BCUT2D eigenvalue weighted by Gasteiger charge is 2.38. The van der Waals surface area contributed by atoms with Crippen LogP contribution in [0.3, 0.4) is 0 Å². The summed E-state index contributed by atoms with van der Waals surface area (Å²) in [5.41, 5.74) is 0. The molecule has 0 radical (unpaired) electrons. The van der Waals surface area contributed by atoms with E-state index in [9.17, 15) is 13.2 Å². The van der Waals surface area contributed by atoms with Gasteiger partial charge in [0.1, 0.15) is 6.10 Å². The zero-order valence-electron chi connectivity index (χ0n) is 14.9. The van der Waals surface area contributed by atoms with Gasteiger partial charge in [-0.25, -0.2) is 0 Å². The molecule has 1 N–H and O–H groups in total. The Morgan fingerprint density at radius 2 is 1.68 bits per heavy atom. The molecule has 3 saturated heterocycles. The number of nitrogens with zero attached hydrogens (tertiary/aromatic N) is 3. The Balaban J connectivity index is 1.56. The van der Waals surface area contributed by atoms with Gasteiger partial charge in [-0.15, -0.1) is 0 Å². The number of hydrogen-bond donors (Lipinski definition) is 1. The molecule has 0 aliphatic carbocycles. The normalized spacial score (nSPS) is 33.4. The Morgan fingerprint density at radius 3 is 2.24 bits per heavy atom. The Labute approximate surface area is 149 Å². The minimum absolute atomic E-state index is 0.0575. The van der Waals surface area contributed by atoms with Gasteiger partial charge in [0.25, 0.3) is 16.1 Å². The van der Waals surface area contributed by atoms with Crippen molar-refractivity contribution in [1.29, 1.82) is 0 Å². The van der Waals surface area contributed by atoms with Crippen LogP contribution in [-0.2, 0) is 24.5 Å². The molecule has 3 fully saturated rings. The number of amides is 1. The first-order chi connectivity index (χ1) is 11.9. The quantitative estimate of drug-likeness (QED) is 0.643. The van der Waals surface area contributed by atoms with Gasteiger partial charge in [0.2, 0.25) is 0 Å². The van der Waals surface area contributed by atoms with Crippen molar-refractivity contribution in [3.05, 3.63) is 0 Å². The maximum absolute atomic E-state index is 12.9. The van der Waals surface area contributed by atoms with Crippen molar-refractivity contribution in [3.8, 4) is 0 Å². The largest absolute Gasteiger partial charge is 0.373 e. The van der Waals surface area contributed by atoms with E-state index >= 15 is 0 Å². The van der Waals surface area contributed by atoms with E-state index in [1.54, 1.807) is 4.90 Å². The van der Waals surface area contributed by atoms with E-state index in [0.29, 0.717) is 52.4 Å². The van der Waals surface area contributed by atoms with Crippen molar-refractivity contribution in [2.75, 3.05) is 59.0 Å². The lowest BCUT2D eigenvalue weighted by Gasteiger charge is -2.41. The third-order valence-electron chi connectivity index (χ3n) is 4.79. The maximum atomic E-state index is 12.9. The number of carbonyl (C=O) groups is 1. The van der Waals surface area contributed by atoms with Crippen molar-refractivity contribution >= 4 is 16.1 Å². The third kappa shape index (κ3) is 4.32. The molecule has 0 aromatic heterocycles. The predicted molar refractivity (Wildman–Crippen MR) is 91.3 cm³/mol. The lowest BCUT2D eigenvalue weighted by atomic mass is 10.2. The topological polar surface area (TPSA) is 91.4 Å². The molecule has 3 aliphatic rings. The molecule has 0 aromatic carbocycles. The van der Waals surface area contributed by atoms with Crippen LogP contribution in [0.1, 0.15) is 13.8 Å². The molecular formula is C15H28N4O5S. The van der Waals surface area contributed by atoms with Crippen molar-refractivity contribution in [2.24, 2.45) is 0 Å². The molecule has 3 rings (SSSR count). The standard InChI is InChI=1S/C15H28N4O5S/c1-12-10-19(11-13(2)24-12)25(21,22)18-6-4-17(5-7-18)15(20)14-9-16-3-8-23-14/h12-14,16H,3-11H2,1-2H3. The highest BCUT2D eigenvalue weighted by molar-refractivity contribution is 7.86. The molecule has 0 saturated carbocycles. The van der Waals surface area contributed by atoms with Gasteiger partial charge in [0, 0.05) is 52.4 Å². The molecule has 0 spiro atoms. The molecule has 9 nitrogen and oxygen atoms in total. The SMILES string of the molecule is CC1CN(S(=O)(=O)N2CCN(C(=O)C3CNCCO3)CC2)CC(C)O1. The van der Waals surface area contributed by atoms with Crippen LogP contribution in [0.25, 0.3) is 0 Å². The van der Waals surface area contributed by atoms with Gasteiger partial charge in [0.05, 0.1) is 18.8 Å². The molecule has 3 atom stereocenters. The van der Waals surface area contributed by atoms with Gasteiger partial charge in [-0.05, 0) is 13.8 Å². The molecule has 0 bridgehead atoms. The Morgan fingerprint density at radius 1 is 1.04 bits per heavy atom. The van der Waals surface area contributed by atoms with Gasteiger partial charge in [0.15, 0.2) is 0 Å². The molecular weight excluding hydrogens is 348 g/mol. The third-order valence-corrected chi connectivity index (χ3v) is 6.76. The van der Waals surface area contributed by atoms with E-state index < -0.39 is 16.3 Å². The van der Waals surface area contributed by atoms with E-state index in [1.807, 2.05) is 13.8 Å². The molecule has 3 aliphatic heterocycles. The Hall–Kier alpha value is -0.780. The first kappa shape index (κ1) is 19.0. The Bertz CT molecular complexity index is 562. The summed E-state index contributed by atoms with van der Waals surface area (Å²) in [6.45, 7) is 7.72. The van der Waals surface area contributed by atoms with Crippen molar-refractivity contribution in [3.63, 3.8) is 0 Å². The summed E-state index contributed by atoms with van der Waals surface area (Å²) < 4.78 is 39.8. The van der Waals surface area contributed by atoms with Gasteiger partial charge in [-0.1, -0.05) is 0 Å². The van der Waals surface area contributed by atoms with Crippen LogP contribution >= 0.6 is 0 Å². The van der Waals surface area contributed by atoms with Crippen LogP contribution in [0.4, 0.5) is 0 Å². The highest BCUT2D eigenvalue weighted by atomic mass is 32.2. The Kier molecular flexibility index (Phi) is 5.96. The van der Waals surface area contributed by atoms with Crippen molar-refractivity contribution < 1.29 is 22.7 Å². The molecule has 25 heavy (non-hydrogen) atoms. The fraction of sp³-hybridized carbons (Fsp3) is 0.933. The van der Waals surface area contributed by atoms with Crippen LogP contribution in [0.5, 0.6) is 0 Å². The van der Waals surface area contributed by atoms with E-state index in [-0.39, 0.29) is 18.1 Å². The van der Waals surface area contributed by atoms with Crippen molar-refractivity contribution in [1.82, 2.24) is 18.8 Å².